The molecule has 3 rings (SSSR count). The Hall–Kier alpha value is -2.20. The van der Waals surface area contributed by atoms with Crippen LogP contribution in [0.1, 0.15) is 5.56 Å². The zero-order valence-electron chi connectivity index (χ0n) is 9.44. The van der Waals surface area contributed by atoms with Gasteiger partial charge in [-0.3, -0.25) is 4.79 Å². The number of hydrogen-bond donors (Lipinski definition) is 2. The highest BCUT2D eigenvalue weighted by molar-refractivity contribution is 7.80. The smallest absolute Gasteiger partial charge is 0.258 e. The SMILES string of the molecule is NC(=S)c1cc2c(ccc3ccccc32)[nH]c1=O. The summed E-state index contributed by atoms with van der Waals surface area (Å²) in [5.41, 5.74) is 6.46. The number of thiocarbonyl (C=S) groups is 1. The van der Waals surface area contributed by atoms with E-state index in [4.69, 9.17) is 18.0 Å². The number of H-pyrrole nitrogens is 1. The van der Waals surface area contributed by atoms with Gasteiger partial charge in [0, 0.05) is 10.9 Å². The van der Waals surface area contributed by atoms with Gasteiger partial charge in [0.05, 0.1) is 5.56 Å². The largest absolute Gasteiger partial charge is 0.389 e. The van der Waals surface area contributed by atoms with Crippen LogP contribution in [0.3, 0.4) is 0 Å². The van der Waals surface area contributed by atoms with Gasteiger partial charge in [-0.25, -0.2) is 0 Å². The summed E-state index contributed by atoms with van der Waals surface area (Å²) < 4.78 is 0. The highest BCUT2D eigenvalue weighted by Crippen LogP contribution is 2.23. The highest BCUT2D eigenvalue weighted by Gasteiger charge is 2.07. The minimum absolute atomic E-state index is 0.117. The first-order valence-electron chi connectivity index (χ1n) is 5.51. The third-order valence-corrected chi connectivity index (χ3v) is 3.24. The van der Waals surface area contributed by atoms with Crippen LogP contribution in [0.4, 0.5) is 0 Å². The van der Waals surface area contributed by atoms with Crippen LogP contribution in [0.2, 0.25) is 0 Å². The molecule has 1 heterocycles. The maximum Gasteiger partial charge on any atom is 0.258 e. The zero-order valence-corrected chi connectivity index (χ0v) is 10.3. The first-order valence-corrected chi connectivity index (χ1v) is 5.92. The van der Waals surface area contributed by atoms with Crippen molar-refractivity contribution in [3.05, 3.63) is 58.4 Å². The number of aromatic amines is 1. The molecule has 0 spiro atoms. The van der Waals surface area contributed by atoms with Gasteiger partial charge in [0.25, 0.3) is 5.56 Å². The third kappa shape index (κ3) is 1.58. The van der Waals surface area contributed by atoms with Gasteiger partial charge < -0.3 is 10.7 Å². The lowest BCUT2D eigenvalue weighted by Gasteiger charge is -2.05. The number of fused-ring (bicyclic) bond motifs is 3. The summed E-state index contributed by atoms with van der Waals surface area (Å²) in [5.74, 6) is 0. The van der Waals surface area contributed by atoms with E-state index in [0.29, 0.717) is 5.56 Å². The van der Waals surface area contributed by atoms with Crippen LogP contribution in [-0.4, -0.2) is 9.97 Å². The molecule has 0 saturated carbocycles. The standard InChI is InChI=1S/C14H10N2OS/c15-13(18)11-7-10-9-4-2-1-3-8(9)5-6-12(10)16-14(11)17/h1-7H,(H2,15,18)(H,16,17). The normalized spacial score (nSPS) is 10.9. The lowest BCUT2D eigenvalue weighted by atomic mass is 10.0. The Morgan fingerprint density at radius 3 is 2.67 bits per heavy atom. The maximum absolute atomic E-state index is 11.8. The number of aromatic nitrogens is 1. The molecule has 0 radical (unpaired) electrons. The molecule has 1 aromatic heterocycles. The predicted octanol–water partition coefficient (Wildman–Crippen LogP) is 2.32. The maximum atomic E-state index is 11.8. The molecule has 0 fully saturated rings. The lowest BCUT2D eigenvalue weighted by Crippen LogP contribution is -2.22. The Bertz CT molecular complexity index is 836. The number of pyridine rings is 1. The quantitative estimate of drug-likeness (QED) is 0.517. The molecule has 3 N–H and O–H groups in total. The minimum atomic E-state index is -0.245. The van der Waals surface area contributed by atoms with Crippen LogP contribution in [0.25, 0.3) is 21.7 Å². The van der Waals surface area contributed by atoms with Crippen LogP contribution in [0.5, 0.6) is 0 Å². The highest BCUT2D eigenvalue weighted by atomic mass is 32.1. The Balaban J connectivity index is 2.53. The van der Waals surface area contributed by atoms with Gasteiger partial charge in [-0.05, 0) is 22.9 Å². The Labute approximate surface area is 108 Å². The lowest BCUT2D eigenvalue weighted by molar-refractivity contribution is 1.29. The molecule has 0 aliphatic carbocycles. The molecular weight excluding hydrogens is 244 g/mol. The van der Waals surface area contributed by atoms with Crippen LogP contribution in [0, 0.1) is 0 Å². The summed E-state index contributed by atoms with van der Waals surface area (Å²) in [7, 11) is 0. The van der Waals surface area contributed by atoms with E-state index in [0.717, 1.165) is 21.7 Å². The van der Waals surface area contributed by atoms with Crippen molar-refractivity contribution < 1.29 is 0 Å². The second kappa shape index (κ2) is 3.92. The van der Waals surface area contributed by atoms with Crippen molar-refractivity contribution in [2.75, 3.05) is 0 Å². The molecule has 0 amide bonds. The fourth-order valence-corrected chi connectivity index (χ4v) is 2.29. The first kappa shape index (κ1) is 10.9. The number of nitrogens with one attached hydrogen (secondary N) is 1. The van der Waals surface area contributed by atoms with E-state index in [9.17, 15) is 4.79 Å². The molecule has 4 heteroatoms. The summed E-state index contributed by atoms with van der Waals surface area (Å²) in [4.78, 5) is 14.7. The van der Waals surface area contributed by atoms with Crippen LogP contribution >= 0.6 is 12.2 Å². The van der Waals surface area contributed by atoms with Crippen molar-refractivity contribution in [3.63, 3.8) is 0 Å². The Kier molecular flexibility index (Phi) is 2.38. The van der Waals surface area contributed by atoms with E-state index < -0.39 is 0 Å². The van der Waals surface area contributed by atoms with Gasteiger partial charge in [-0.2, -0.15) is 0 Å². The van der Waals surface area contributed by atoms with Gasteiger partial charge in [0.2, 0.25) is 0 Å². The average molecular weight is 254 g/mol. The molecule has 18 heavy (non-hydrogen) atoms. The third-order valence-electron chi connectivity index (χ3n) is 3.02. The van der Waals surface area contributed by atoms with Gasteiger partial charge >= 0.3 is 0 Å². The molecule has 0 unspecified atom stereocenters. The van der Waals surface area contributed by atoms with Gasteiger partial charge in [-0.1, -0.05) is 42.5 Å². The summed E-state index contributed by atoms with van der Waals surface area (Å²) in [6.07, 6.45) is 0. The van der Waals surface area contributed by atoms with Crippen LogP contribution in [0.15, 0.2) is 47.3 Å². The van der Waals surface area contributed by atoms with Crippen molar-refractivity contribution in [1.82, 2.24) is 4.98 Å². The number of rotatable bonds is 1. The minimum Gasteiger partial charge on any atom is -0.389 e. The summed E-state index contributed by atoms with van der Waals surface area (Å²) >= 11 is 4.89. The Morgan fingerprint density at radius 2 is 1.89 bits per heavy atom. The summed E-state index contributed by atoms with van der Waals surface area (Å²) in [6, 6.07) is 13.6. The van der Waals surface area contributed by atoms with E-state index in [2.05, 4.69) is 4.98 Å². The first-order chi connectivity index (χ1) is 8.66. The molecular formula is C14H10N2OS. The zero-order chi connectivity index (χ0) is 12.7. The van der Waals surface area contributed by atoms with Crippen LogP contribution in [-0.2, 0) is 0 Å². The van der Waals surface area contributed by atoms with E-state index in [1.54, 1.807) is 6.07 Å². The van der Waals surface area contributed by atoms with Crippen molar-refractivity contribution in [2.24, 2.45) is 5.73 Å². The summed E-state index contributed by atoms with van der Waals surface area (Å²) in [6.45, 7) is 0. The molecule has 2 aromatic carbocycles. The van der Waals surface area contributed by atoms with E-state index in [1.165, 1.54) is 0 Å². The molecule has 0 bridgehead atoms. The fraction of sp³-hybridized carbons (Fsp3) is 0. The molecule has 0 aliphatic rings. The number of nitrogens with two attached hydrogens (primary N) is 1. The van der Waals surface area contributed by atoms with E-state index in [1.807, 2.05) is 36.4 Å². The topological polar surface area (TPSA) is 58.9 Å². The van der Waals surface area contributed by atoms with Gasteiger partial charge in [0.1, 0.15) is 4.99 Å². The molecule has 3 aromatic rings. The second-order valence-corrected chi connectivity index (χ2v) is 4.56. The second-order valence-electron chi connectivity index (χ2n) is 4.12. The van der Waals surface area contributed by atoms with Gasteiger partial charge in [-0.15, -0.1) is 0 Å². The number of hydrogen-bond acceptors (Lipinski definition) is 2. The van der Waals surface area contributed by atoms with E-state index >= 15 is 0 Å². The predicted molar refractivity (Wildman–Crippen MR) is 78.0 cm³/mol. The molecule has 0 saturated heterocycles. The molecule has 0 atom stereocenters. The van der Waals surface area contributed by atoms with Crippen molar-refractivity contribution >= 4 is 38.9 Å². The number of benzene rings is 2. The molecule has 0 aliphatic heterocycles. The molecule has 3 nitrogen and oxygen atoms in total. The average Bonchev–Trinajstić information content (AvgIpc) is 2.37. The van der Waals surface area contributed by atoms with Gasteiger partial charge in [0.15, 0.2) is 0 Å². The Morgan fingerprint density at radius 1 is 1.11 bits per heavy atom. The van der Waals surface area contributed by atoms with Crippen molar-refractivity contribution in [1.29, 1.82) is 0 Å². The molecule has 88 valence electrons. The fourth-order valence-electron chi connectivity index (χ4n) is 2.14. The van der Waals surface area contributed by atoms with E-state index in [-0.39, 0.29) is 10.5 Å². The van der Waals surface area contributed by atoms with Crippen LogP contribution < -0.4 is 11.3 Å². The van der Waals surface area contributed by atoms with Crippen molar-refractivity contribution in [3.8, 4) is 0 Å². The monoisotopic (exact) mass is 254 g/mol. The van der Waals surface area contributed by atoms with Crippen molar-refractivity contribution in [2.45, 2.75) is 0 Å². The summed E-state index contributed by atoms with van der Waals surface area (Å²) in [5, 5.41) is 3.14.